The van der Waals surface area contributed by atoms with Gasteiger partial charge in [-0.1, -0.05) is 20.8 Å². The minimum absolute atomic E-state index is 0.228. The monoisotopic (exact) mass is 377 g/mol. The van der Waals surface area contributed by atoms with Gasteiger partial charge in [-0.3, -0.25) is 14.8 Å². The van der Waals surface area contributed by atoms with Gasteiger partial charge in [-0.25, -0.2) is 4.79 Å². The molecule has 1 N–H and O–H groups in total. The molecule has 7 nitrogen and oxygen atoms in total. The van der Waals surface area contributed by atoms with Crippen molar-refractivity contribution in [1.29, 1.82) is 0 Å². The van der Waals surface area contributed by atoms with Crippen LogP contribution in [0.4, 0.5) is 0 Å². The standard InChI is InChI=1S/C20H29N2O5/c1-4-20(2,3)17(23)18(24)22-12-6-10-16(22)19(25)27-13-7-9-15-8-5-11-21(26)14-15/h5,8,11,14,16,26H,4,6-7,9-10,12-13H2,1-3H3/q+1. The minimum Gasteiger partial charge on any atom is -0.464 e. The Kier molecular flexibility index (Phi) is 6.93. The Hall–Kier alpha value is -2.44. The second-order valence-corrected chi connectivity index (χ2v) is 7.59. The van der Waals surface area contributed by atoms with Crippen LogP contribution in [0.1, 0.15) is 52.0 Å². The van der Waals surface area contributed by atoms with E-state index in [9.17, 15) is 19.6 Å². The first-order valence-electron chi connectivity index (χ1n) is 9.47. The van der Waals surface area contributed by atoms with Crippen LogP contribution >= 0.6 is 0 Å². The second kappa shape index (κ2) is 8.97. The van der Waals surface area contributed by atoms with Crippen molar-refractivity contribution in [3.63, 3.8) is 0 Å². The molecule has 0 aromatic carbocycles. The summed E-state index contributed by atoms with van der Waals surface area (Å²) in [4.78, 5) is 38.8. The van der Waals surface area contributed by atoms with Crippen LogP contribution in [0.3, 0.4) is 0 Å². The fourth-order valence-electron chi connectivity index (χ4n) is 3.04. The van der Waals surface area contributed by atoms with E-state index in [0.717, 1.165) is 10.3 Å². The van der Waals surface area contributed by atoms with Crippen LogP contribution in [0.25, 0.3) is 0 Å². The van der Waals surface area contributed by atoms with Crippen molar-refractivity contribution >= 4 is 17.7 Å². The minimum atomic E-state index is -0.729. The molecule has 1 aromatic heterocycles. The van der Waals surface area contributed by atoms with Gasteiger partial charge in [-0.05, 0) is 38.2 Å². The predicted octanol–water partition coefficient (Wildman–Crippen LogP) is 1.68. The number of ketones is 1. The van der Waals surface area contributed by atoms with E-state index in [-0.39, 0.29) is 6.61 Å². The van der Waals surface area contributed by atoms with Gasteiger partial charge in [0, 0.05) is 28.3 Å². The van der Waals surface area contributed by atoms with Crippen molar-refractivity contribution in [2.45, 2.75) is 58.9 Å². The topological polar surface area (TPSA) is 87.8 Å². The summed E-state index contributed by atoms with van der Waals surface area (Å²) in [6, 6.07) is 2.94. The summed E-state index contributed by atoms with van der Waals surface area (Å²) < 4.78 is 6.32. The first-order chi connectivity index (χ1) is 12.8. The Balaban J connectivity index is 1.86. The number of rotatable bonds is 8. The van der Waals surface area contributed by atoms with Crippen LogP contribution in [0.5, 0.6) is 0 Å². The summed E-state index contributed by atoms with van der Waals surface area (Å²) in [5, 5.41) is 9.37. The molecule has 2 heterocycles. The summed E-state index contributed by atoms with van der Waals surface area (Å²) in [5.41, 5.74) is 0.203. The number of Topliss-reactive ketones (excluding diaryl/α,β-unsaturated/α-hetero) is 1. The Bertz CT molecular complexity index is 701. The van der Waals surface area contributed by atoms with E-state index in [1.807, 2.05) is 13.0 Å². The van der Waals surface area contributed by atoms with Gasteiger partial charge in [-0.2, -0.15) is 0 Å². The first kappa shape index (κ1) is 20.9. The van der Waals surface area contributed by atoms with E-state index in [2.05, 4.69) is 0 Å². The van der Waals surface area contributed by atoms with Gasteiger partial charge >= 0.3 is 5.97 Å². The maximum absolute atomic E-state index is 12.6. The van der Waals surface area contributed by atoms with Crippen molar-refractivity contribution in [3.8, 4) is 0 Å². The number of nitrogens with zero attached hydrogens (tertiary/aromatic N) is 2. The Morgan fingerprint density at radius 2 is 2.11 bits per heavy atom. The van der Waals surface area contributed by atoms with E-state index < -0.39 is 29.1 Å². The normalized spacial score (nSPS) is 17.0. The highest BCUT2D eigenvalue weighted by Crippen LogP contribution is 2.26. The van der Waals surface area contributed by atoms with E-state index >= 15 is 0 Å². The van der Waals surface area contributed by atoms with Crippen molar-refractivity contribution in [3.05, 3.63) is 30.1 Å². The highest BCUT2D eigenvalue weighted by molar-refractivity contribution is 6.38. The molecular formula is C20H29N2O5+. The van der Waals surface area contributed by atoms with Gasteiger partial charge in [-0.15, -0.1) is 0 Å². The number of aryl methyl sites for hydroxylation is 1. The Morgan fingerprint density at radius 3 is 2.78 bits per heavy atom. The van der Waals surface area contributed by atoms with Crippen LogP contribution in [0.2, 0.25) is 0 Å². The number of hydrogen-bond acceptors (Lipinski definition) is 5. The maximum Gasteiger partial charge on any atom is 0.328 e. The van der Waals surface area contributed by atoms with E-state index in [4.69, 9.17) is 4.74 Å². The van der Waals surface area contributed by atoms with Gasteiger partial charge in [0.05, 0.1) is 6.61 Å². The number of likely N-dealkylation sites (tertiary alicyclic amines) is 1. The highest BCUT2D eigenvalue weighted by atomic mass is 16.5. The Labute approximate surface area is 159 Å². The molecule has 1 aliphatic rings. The highest BCUT2D eigenvalue weighted by Gasteiger charge is 2.41. The number of esters is 1. The summed E-state index contributed by atoms with van der Waals surface area (Å²) >= 11 is 0. The lowest BCUT2D eigenvalue weighted by Crippen LogP contribution is -2.48. The lowest BCUT2D eigenvalue weighted by Gasteiger charge is -2.27. The molecule has 1 aliphatic heterocycles. The van der Waals surface area contributed by atoms with Crippen LogP contribution in [-0.2, 0) is 25.5 Å². The van der Waals surface area contributed by atoms with Gasteiger partial charge < -0.3 is 9.64 Å². The summed E-state index contributed by atoms with van der Waals surface area (Å²) in [6.07, 6.45) is 6.16. The number of aromatic nitrogens is 1. The Morgan fingerprint density at radius 1 is 1.37 bits per heavy atom. The molecule has 1 unspecified atom stereocenters. The van der Waals surface area contributed by atoms with Gasteiger partial charge in [0.15, 0.2) is 0 Å². The first-order valence-corrected chi connectivity index (χ1v) is 9.47. The number of amides is 1. The third kappa shape index (κ3) is 5.28. The molecule has 1 atom stereocenters. The van der Waals surface area contributed by atoms with E-state index in [1.54, 1.807) is 26.1 Å². The third-order valence-corrected chi connectivity index (χ3v) is 5.18. The quantitative estimate of drug-likeness (QED) is 0.245. The smallest absolute Gasteiger partial charge is 0.328 e. The molecule has 1 amide bonds. The SMILES string of the molecule is CCC(C)(C)C(=O)C(=O)N1CCCC1C(=O)OCCCc1ccc[n+](O)c1. The number of carbonyl (C=O) groups is 3. The van der Waals surface area contributed by atoms with Gasteiger partial charge in [0.25, 0.3) is 5.91 Å². The van der Waals surface area contributed by atoms with E-state index in [1.165, 1.54) is 11.1 Å². The predicted molar refractivity (Wildman–Crippen MR) is 96.9 cm³/mol. The fraction of sp³-hybridized carbons (Fsp3) is 0.600. The van der Waals surface area contributed by atoms with Gasteiger partial charge in [0.1, 0.15) is 6.04 Å². The number of pyridine rings is 1. The molecule has 1 aromatic rings. The molecule has 1 fully saturated rings. The molecule has 0 spiro atoms. The summed E-state index contributed by atoms with van der Waals surface area (Å²) in [7, 11) is 0. The van der Waals surface area contributed by atoms with E-state index in [0.29, 0.717) is 38.6 Å². The molecule has 0 saturated carbocycles. The van der Waals surface area contributed by atoms with Crippen LogP contribution in [-0.4, -0.2) is 47.0 Å². The lowest BCUT2D eigenvalue weighted by atomic mass is 9.84. The zero-order valence-corrected chi connectivity index (χ0v) is 16.3. The van der Waals surface area contributed by atoms with Crippen LogP contribution in [0, 0.1) is 5.41 Å². The molecule has 0 aliphatic carbocycles. The largest absolute Gasteiger partial charge is 0.464 e. The van der Waals surface area contributed by atoms with Crippen molar-refractivity contribution in [2.75, 3.05) is 13.2 Å². The van der Waals surface area contributed by atoms with Crippen molar-refractivity contribution in [1.82, 2.24) is 4.90 Å². The number of hydrogen-bond donors (Lipinski definition) is 1. The average Bonchev–Trinajstić information content (AvgIpc) is 3.13. The summed E-state index contributed by atoms with van der Waals surface area (Å²) in [6.45, 7) is 6.00. The second-order valence-electron chi connectivity index (χ2n) is 7.59. The van der Waals surface area contributed by atoms with Crippen LogP contribution in [0.15, 0.2) is 24.5 Å². The molecule has 0 bridgehead atoms. The zero-order valence-electron chi connectivity index (χ0n) is 16.3. The number of carbonyl (C=O) groups excluding carboxylic acids is 3. The molecular weight excluding hydrogens is 348 g/mol. The fourth-order valence-corrected chi connectivity index (χ4v) is 3.04. The van der Waals surface area contributed by atoms with Gasteiger partial charge in [0.2, 0.25) is 18.2 Å². The molecule has 2 rings (SSSR count). The van der Waals surface area contributed by atoms with Crippen LogP contribution < -0.4 is 4.73 Å². The molecule has 1 saturated heterocycles. The lowest BCUT2D eigenvalue weighted by molar-refractivity contribution is -0.905. The third-order valence-electron chi connectivity index (χ3n) is 5.18. The molecule has 148 valence electrons. The molecule has 7 heteroatoms. The maximum atomic E-state index is 12.6. The molecule has 0 radical (unpaired) electrons. The van der Waals surface area contributed by atoms with Crippen molar-refractivity contribution in [2.24, 2.45) is 5.41 Å². The zero-order chi connectivity index (χ0) is 20.0. The molecule has 27 heavy (non-hydrogen) atoms. The van der Waals surface area contributed by atoms with Crippen molar-refractivity contribution < 1.29 is 29.1 Å². The number of ether oxygens (including phenoxy) is 1. The average molecular weight is 377 g/mol. The summed E-state index contributed by atoms with van der Waals surface area (Å²) in [5.74, 6) is -1.49.